The van der Waals surface area contributed by atoms with Crippen molar-refractivity contribution in [2.24, 2.45) is 0 Å². The number of cyclic esters (lactones) is 2. The van der Waals surface area contributed by atoms with Gasteiger partial charge in [0, 0.05) is 27.8 Å². The standard InChI is InChI=1S/C41H28O26/c42-11-1-7(2-12(43)23(11)47)37(58)64-16-6-63-38(59)8-3-13(44)24(48)27(51)17(8)18-9(4-14(45)25(49)28(18)52)39(60)65-34(16)36-35-32(56)22-21(41(62)66-35)20(30(54)33(57)31(22)55)19-10(40(61)67-36)5-15(46)26(50)29(19)53/h1-5,16,32,34-36,42-57H,6H2/t16-,32-,34+,35+,36+/m1/s1. The fourth-order valence-corrected chi connectivity index (χ4v) is 7.72. The van der Waals surface area contributed by atoms with E-state index in [9.17, 15) is 106 Å². The number of esters is 5. The fourth-order valence-electron chi connectivity index (χ4n) is 7.72. The van der Waals surface area contributed by atoms with Gasteiger partial charge in [0.15, 0.2) is 87.7 Å². The number of benzene rings is 5. The van der Waals surface area contributed by atoms with Crippen LogP contribution in [0.1, 0.15) is 63.5 Å². The molecular formula is C41H28O26. The molecule has 5 aromatic carbocycles. The van der Waals surface area contributed by atoms with Crippen LogP contribution < -0.4 is 0 Å². The molecule has 5 atom stereocenters. The van der Waals surface area contributed by atoms with Gasteiger partial charge < -0.3 is 105 Å². The van der Waals surface area contributed by atoms with Gasteiger partial charge in [-0.2, -0.15) is 0 Å². The first-order valence-electron chi connectivity index (χ1n) is 18.6. The van der Waals surface area contributed by atoms with Gasteiger partial charge in [-0.1, -0.05) is 0 Å². The number of hydrogen-bond donors (Lipinski definition) is 16. The Morgan fingerprint density at radius 2 is 0.836 bits per heavy atom. The minimum Gasteiger partial charge on any atom is -0.504 e. The summed E-state index contributed by atoms with van der Waals surface area (Å²) in [6.07, 6.45) is -13.4. The molecule has 0 aliphatic carbocycles. The molecule has 4 heterocycles. The van der Waals surface area contributed by atoms with Gasteiger partial charge in [-0.05, 0) is 30.3 Å². The Morgan fingerprint density at radius 1 is 0.433 bits per heavy atom. The highest BCUT2D eigenvalue weighted by atomic mass is 16.6. The van der Waals surface area contributed by atoms with Gasteiger partial charge in [-0.15, -0.1) is 0 Å². The predicted octanol–water partition coefficient (Wildman–Crippen LogP) is 1.34. The Hall–Kier alpha value is -9.59. The zero-order chi connectivity index (χ0) is 49.0. The van der Waals surface area contributed by atoms with Crippen LogP contribution in [-0.4, -0.2) is 143 Å². The number of rotatable bonds is 3. The van der Waals surface area contributed by atoms with Crippen LogP contribution in [-0.2, 0) is 23.7 Å². The van der Waals surface area contributed by atoms with Crippen LogP contribution in [0.3, 0.4) is 0 Å². The molecule has 4 aliphatic rings. The zero-order valence-electron chi connectivity index (χ0n) is 32.7. The molecule has 0 radical (unpaired) electrons. The number of ether oxygens (including phenoxy) is 5. The summed E-state index contributed by atoms with van der Waals surface area (Å²) in [7, 11) is 0. The van der Waals surface area contributed by atoms with Crippen molar-refractivity contribution in [3.05, 3.63) is 63.7 Å². The van der Waals surface area contributed by atoms with Crippen LogP contribution in [0.5, 0.6) is 86.2 Å². The lowest BCUT2D eigenvalue weighted by Gasteiger charge is -2.40. The molecule has 26 nitrogen and oxygen atoms in total. The Balaban J connectivity index is 1.42. The van der Waals surface area contributed by atoms with E-state index in [-0.39, 0.29) is 0 Å². The number of phenolic OH excluding ortho intramolecular Hbond substituents is 15. The monoisotopic (exact) mass is 936 g/mol. The van der Waals surface area contributed by atoms with E-state index in [1.807, 2.05) is 0 Å². The third-order valence-electron chi connectivity index (χ3n) is 10.9. The Labute approximate surface area is 368 Å². The molecule has 26 heteroatoms. The summed E-state index contributed by atoms with van der Waals surface area (Å²) in [5.41, 5.74) is -11.0. The van der Waals surface area contributed by atoms with Crippen LogP contribution in [0.15, 0.2) is 30.3 Å². The minimum absolute atomic E-state index is 0.331. The van der Waals surface area contributed by atoms with E-state index >= 15 is 0 Å². The molecule has 0 fully saturated rings. The van der Waals surface area contributed by atoms with Crippen molar-refractivity contribution in [3.63, 3.8) is 0 Å². The van der Waals surface area contributed by atoms with E-state index < -0.39 is 209 Å². The van der Waals surface area contributed by atoms with Gasteiger partial charge in [0.1, 0.15) is 12.7 Å². The smallest absolute Gasteiger partial charge is 0.339 e. The molecule has 16 N–H and O–H groups in total. The van der Waals surface area contributed by atoms with Crippen molar-refractivity contribution in [3.8, 4) is 108 Å². The zero-order valence-corrected chi connectivity index (χ0v) is 32.7. The fraction of sp³-hybridized carbons (Fsp3) is 0.146. The summed E-state index contributed by atoms with van der Waals surface area (Å²) in [5.74, 6) is -29.6. The first-order chi connectivity index (χ1) is 31.5. The van der Waals surface area contributed by atoms with E-state index in [1.165, 1.54) is 0 Å². The van der Waals surface area contributed by atoms with Crippen molar-refractivity contribution in [2.75, 3.05) is 6.61 Å². The van der Waals surface area contributed by atoms with Crippen molar-refractivity contribution < 1.29 is 129 Å². The van der Waals surface area contributed by atoms with Gasteiger partial charge >= 0.3 is 29.8 Å². The number of carbonyl (C=O) groups excluding carboxylic acids is 5. The maximum absolute atomic E-state index is 14.6. The molecule has 9 rings (SSSR count). The Bertz CT molecular complexity index is 3060. The van der Waals surface area contributed by atoms with Gasteiger partial charge in [0.2, 0.25) is 23.0 Å². The highest BCUT2D eigenvalue weighted by Crippen LogP contribution is 2.58. The first kappa shape index (κ1) is 44.0. The lowest BCUT2D eigenvalue weighted by atomic mass is 9.82. The molecular weight excluding hydrogens is 908 g/mol. The number of aromatic hydroxyl groups is 15. The maximum atomic E-state index is 14.6. The Morgan fingerprint density at radius 3 is 1.33 bits per heavy atom. The summed E-state index contributed by atoms with van der Waals surface area (Å²) < 4.78 is 27.6. The predicted molar refractivity (Wildman–Crippen MR) is 207 cm³/mol. The average Bonchev–Trinajstić information content (AvgIpc) is 3.29. The molecule has 4 bridgehead atoms. The second-order valence-corrected chi connectivity index (χ2v) is 14.7. The van der Waals surface area contributed by atoms with Gasteiger partial charge in [-0.3, -0.25) is 0 Å². The molecule has 0 spiro atoms. The highest BCUT2D eigenvalue weighted by molar-refractivity contribution is 6.11. The summed E-state index contributed by atoms with van der Waals surface area (Å²) >= 11 is 0. The number of carbonyl (C=O) groups is 5. The summed E-state index contributed by atoms with van der Waals surface area (Å²) in [5, 5.41) is 172. The molecule has 0 amide bonds. The number of aliphatic hydroxyl groups excluding tert-OH is 1. The largest absolute Gasteiger partial charge is 0.504 e. The molecule has 0 saturated heterocycles. The van der Waals surface area contributed by atoms with Crippen molar-refractivity contribution in [1.82, 2.24) is 0 Å². The Kier molecular flexibility index (Phi) is 10.1. The molecule has 348 valence electrons. The lowest BCUT2D eigenvalue weighted by Crippen LogP contribution is -2.56. The van der Waals surface area contributed by atoms with E-state index in [2.05, 4.69) is 0 Å². The first-order valence-corrected chi connectivity index (χ1v) is 18.6. The summed E-state index contributed by atoms with van der Waals surface area (Å²) in [6.45, 7) is -1.50. The van der Waals surface area contributed by atoms with Crippen LogP contribution in [0.4, 0.5) is 0 Å². The molecule has 0 saturated carbocycles. The quantitative estimate of drug-likeness (QED) is 0.0689. The minimum atomic E-state index is -2.79. The summed E-state index contributed by atoms with van der Waals surface area (Å²) in [6, 6.07) is 2.15. The summed E-state index contributed by atoms with van der Waals surface area (Å²) in [4.78, 5) is 70.9. The van der Waals surface area contributed by atoms with Gasteiger partial charge in [0.25, 0.3) is 0 Å². The van der Waals surface area contributed by atoms with Crippen LogP contribution in [0.25, 0.3) is 22.3 Å². The number of aliphatic hydroxyl groups is 1. The molecule has 67 heavy (non-hydrogen) atoms. The van der Waals surface area contributed by atoms with E-state index in [0.717, 1.165) is 0 Å². The SMILES string of the molecule is O=C(O[C@@H]1COC(=O)c2cc(O)c(O)c(O)c2-c2c(cc(O)c(O)c2O)C(=O)O[C@@H]1[C@@H]1OC(=O)c2cc(O)c(O)c(O)c2-c2c(O)c(O)c(O)c3c2C(=O)O[C@H]1[C@@H]3O)c1cc(O)c(O)c(O)c1. The van der Waals surface area contributed by atoms with E-state index in [1.54, 1.807) is 0 Å². The normalized spacial score (nSPS) is 19.9. The third kappa shape index (κ3) is 6.57. The molecule has 0 aromatic heterocycles. The molecule has 5 aromatic rings. The second-order valence-electron chi connectivity index (χ2n) is 14.7. The van der Waals surface area contributed by atoms with E-state index in [0.29, 0.717) is 30.3 Å². The highest BCUT2D eigenvalue weighted by Gasteiger charge is 2.54. The van der Waals surface area contributed by atoms with E-state index in [4.69, 9.17) is 23.7 Å². The van der Waals surface area contributed by atoms with Crippen molar-refractivity contribution in [1.29, 1.82) is 0 Å². The van der Waals surface area contributed by atoms with Crippen LogP contribution in [0, 0.1) is 0 Å². The number of hydrogen-bond acceptors (Lipinski definition) is 26. The number of fused-ring (bicyclic) bond motifs is 6. The van der Waals surface area contributed by atoms with Gasteiger partial charge in [-0.25, -0.2) is 24.0 Å². The number of phenols is 15. The molecule has 0 unspecified atom stereocenters. The topological polar surface area (TPSA) is 455 Å². The van der Waals surface area contributed by atoms with Crippen molar-refractivity contribution >= 4 is 29.8 Å². The molecule has 4 aliphatic heterocycles. The van der Waals surface area contributed by atoms with Crippen LogP contribution in [0.2, 0.25) is 0 Å². The van der Waals surface area contributed by atoms with Crippen LogP contribution >= 0.6 is 0 Å². The maximum Gasteiger partial charge on any atom is 0.339 e. The van der Waals surface area contributed by atoms with Crippen molar-refractivity contribution in [2.45, 2.75) is 30.5 Å². The van der Waals surface area contributed by atoms with Gasteiger partial charge in [0.05, 0.1) is 27.8 Å². The lowest BCUT2D eigenvalue weighted by molar-refractivity contribution is -0.154. The average molecular weight is 937 g/mol. The second kappa shape index (κ2) is 15.3. The third-order valence-corrected chi connectivity index (χ3v) is 10.9.